The van der Waals surface area contributed by atoms with Crippen molar-refractivity contribution >= 4 is 40.5 Å². The summed E-state index contributed by atoms with van der Waals surface area (Å²) in [6.45, 7) is 0.893. The average Bonchev–Trinajstić information content (AvgIpc) is 2.90. The number of aromatic nitrogens is 2. The lowest BCUT2D eigenvalue weighted by atomic mass is 10.1. The van der Waals surface area contributed by atoms with Crippen molar-refractivity contribution in [3.05, 3.63) is 46.0 Å². The number of nitrogens with one attached hydrogen (secondary N) is 2. The molecule has 0 radical (unpaired) electrons. The van der Waals surface area contributed by atoms with E-state index in [9.17, 15) is 4.79 Å². The van der Waals surface area contributed by atoms with Crippen LogP contribution in [0, 0.1) is 0 Å². The Morgan fingerprint density at radius 2 is 2.00 bits per heavy atom. The highest BCUT2D eigenvalue weighted by Gasteiger charge is 2.16. The third kappa shape index (κ3) is 2.42. The molecule has 2 heterocycles. The van der Waals surface area contributed by atoms with E-state index in [0.717, 1.165) is 18.7 Å². The van der Waals surface area contributed by atoms with E-state index in [0.29, 0.717) is 5.56 Å². The average molecular weight is 309 g/mol. The molecule has 20 heavy (non-hydrogen) atoms. The monoisotopic (exact) mass is 308 g/mol. The minimum atomic E-state index is -0.305. The van der Waals surface area contributed by atoms with Crippen molar-refractivity contribution in [3.8, 4) is 0 Å². The largest absolute Gasteiger partial charge is 0.384 e. The highest BCUT2D eigenvalue weighted by Crippen LogP contribution is 2.27. The molecule has 2 N–H and O–H groups in total. The molecule has 5 nitrogen and oxygen atoms in total. The fraction of sp³-hybridized carbons (Fsp3) is 0.154. The number of halogens is 2. The lowest BCUT2D eigenvalue weighted by Crippen LogP contribution is -2.13. The zero-order valence-electron chi connectivity index (χ0n) is 10.3. The predicted octanol–water partition coefficient (Wildman–Crippen LogP) is 3.00. The molecule has 0 bridgehead atoms. The van der Waals surface area contributed by atoms with Crippen LogP contribution in [-0.2, 0) is 6.42 Å². The first-order valence-electron chi connectivity index (χ1n) is 5.99. The van der Waals surface area contributed by atoms with Crippen LogP contribution in [0.15, 0.2) is 24.5 Å². The van der Waals surface area contributed by atoms with Crippen LogP contribution in [0.2, 0.25) is 10.3 Å². The van der Waals surface area contributed by atoms with E-state index in [-0.39, 0.29) is 21.9 Å². The summed E-state index contributed by atoms with van der Waals surface area (Å²) >= 11 is 11.8. The van der Waals surface area contributed by atoms with Crippen LogP contribution in [-0.4, -0.2) is 22.4 Å². The fourth-order valence-electron chi connectivity index (χ4n) is 2.07. The maximum absolute atomic E-state index is 12.2. The van der Waals surface area contributed by atoms with Gasteiger partial charge in [0.05, 0.1) is 0 Å². The molecule has 7 heteroatoms. The molecular weight excluding hydrogens is 299 g/mol. The summed E-state index contributed by atoms with van der Waals surface area (Å²) in [7, 11) is 0. The van der Waals surface area contributed by atoms with E-state index in [1.165, 1.54) is 11.9 Å². The van der Waals surface area contributed by atoms with E-state index in [2.05, 4.69) is 20.6 Å². The molecule has 0 unspecified atom stereocenters. The normalized spacial score (nSPS) is 12.7. The van der Waals surface area contributed by atoms with Gasteiger partial charge in [0.2, 0.25) is 0 Å². The van der Waals surface area contributed by atoms with Crippen molar-refractivity contribution in [2.24, 2.45) is 0 Å². The number of anilines is 2. The summed E-state index contributed by atoms with van der Waals surface area (Å²) < 4.78 is 0. The summed E-state index contributed by atoms with van der Waals surface area (Å²) in [5.41, 5.74) is 2.93. The minimum absolute atomic E-state index is 0.109. The van der Waals surface area contributed by atoms with Gasteiger partial charge in [0.25, 0.3) is 5.91 Å². The van der Waals surface area contributed by atoms with Gasteiger partial charge in [-0.3, -0.25) is 4.79 Å². The Kier molecular flexibility index (Phi) is 3.46. The second kappa shape index (κ2) is 5.26. The van der Waals surface area contributed by atoms with Crippen LogP contribution in [0.3, 0.4) is 0 Å². The maximum Gasteiger partial charge on any atom is 0.255 e. The summed E-state index contributed by atoms with van der Waals surface area (Å²) in [5.74, 6) is -0.305. The quantitative estimate of drug-likeness (QED) is 0.837. The van der Waals surface area contributed by atoms with Gasteiger partial charge in [0.15, 0.2) is 10.3 Å². The Labute approximate surface area is 125 Å². The number of hydrogen-bond donors (Lipinski definition) is 2. The van der Waals surface area contributed by atoms with Crippen LogP contribution in [0.25, 0.3) is 0 Å². The molecule has 1 amide bonds. The van der Waals surface area contributed by atoms with Crippen LogP contribution in [0.5, 0.6) is 0 Å². The Bertz CT molecular complexity index is 670. The standard InChI is InChI=1S/C13H10Cl2N4O/c14-11-10(12(15)18-6-17-11)19-13(20)8-2-1-7-3-4-16-9(7)5-8/h1-2,5-6,16H,3-4H2,(H,19,20). The van der Waals surface area contributed by atoms with Gasteiger partial charge in [-0.05, 0) is 24.1 Å². The SMILES string of the molecule is O=C(Nc1c(Cl)ncnc1Cl)c1ccc2c(c1)NCC2. The van der Waals surface area contributed by atoms with Crippen molar-refractivity contribution in [1.82, 2.24) is 9.97 Å². The summed E-state index contributed by atoms with van der Waals surface area (Å²) in [4.78, 5) is 19.8. The highest BCUT2D eigenvalue weighted by molar-refractivity contribution is 6.38. The van der Waals surface area contributed by atoms with E-state index >= 15 is 0 Å². The van der Waals surface area contributed by atoms with Crippen LogP contribution >= 0.6 is 23.2 Å². The highest BCUT2D eigenvalue weighted by atomic mass is 35.5. The molecule has 102 valence electrons. The number of benzene rings is 1. The Morgan fingerprint density at radius 1 is 1.25 bits per heavy atom. The Morgan fingerprint density at radius 3 is 2.75 bits per heavy atom. The summed E-state index contributed by atoms with van der Waals surface area (Å²) in [6, 6.07) is 5.52. The Balaban J connectivity index is 1.86. The smallest absolute Gasteiger partial charge is 0.255 e. The van der Waals surface area contributed by atoms with E-state index in [1.54, 1.807) is 6.07 Å². The first kappa shape index (κ1) is 13.1. The van der Waals surface area contributed by atoms with Gasteiger partial charge in [-0.2, -0.15) is 0 Å². The van der Waals surface area contributed by atoms with Gasteiger partial charge >= 0.3 is 0 Å². The van der Waals surface area contributed by atoms with Crippen molar-refractivity contribution in [2.45, 2.75) is 6.42 Å². The molecule has 0 saturated heterocycles. The van der Waals surface area contributed by atoms with Gasteiger partial charge in [0, 0.05) is 17.8 Å². The number of carbonyl (C=O) groups is 1. The number of nitrogens with zero attached hydrogens (tertiary/aromatic N) is 2. The molecule has 0 fully saturated rings. The van der Waals surface area contributed by atoms with Gasteiger partial charge in [0.1, 0.15) is 12.0 Å². The van der Waals surface area contributed by atoms with Crippen LogP contribution < -0.4 is 10.6 Å². The molecule has 0 atom stereocenters. The predicted molar refractivity (Wildman–Crippen MR) is 78.6 cm³/mol. The fourth-order valence-corrected chi connectivity index (χ4v) is 2.47. The molecule has 1 aromatic heterocycles. The molecule has 0 saturated carbocycles. The van der Waals surface area contributed by atoms with Gasteiger partial charge in [-0.25, -0.2) is 9.97 Å². The molecule has 0 spiro atoms. The number of fused-ring (bicyclic) bond motifs is 1. The third-order valence-corrected chi connectivity index (χ3v) is 3.65. The summed E-state index contributed by atoms with van der Waals surface area (Å²) in [5, 5.41) is 6.07. The summed E-state index contributed by atoms with van der Waals surface area (Å²) in [6.07, 6.45) is 2.21. The van der Waals surface area contributed by atoms with Gasteiger partial charge in [-0.15, -0.1) is 0 Å². The molecule has 1 aliphatic rings. The zero-order valence-corrected chi connectivity index (χ0v) is 11.8. The van der Waals surface area contributed by atoms with Crippen molar-refractivity contribution in [3.63, 3.8) is 0 Å². The first-order chi connectivity index (χ1) is 9.65. The minimum Gasteiger partial charge on any atom is -0.384 e. The van der Waals surface area contributed by atoms with Gasteiger partial charge < -0.3 is 10.6 Å². The van der Waals surface area contributed by atoms with Crippen LogP contribution in [0.1, 0.15) is 15.9 Å². The zero-order chi connectivity index (χ0) is 14.1. The van der Waals surface area contributed by atoms with Crippen LogP contribution in [0.4, 0.5) is 11.4 Å². The second-order valence-electron chi connectivity index (χ2n) is 4.33. The van der Waals surface area contributed by atoms with E-state index in [1.807, 2.05) is 12.1 Å². The molecule has 1 aromatic carbocycles. The molecular formula is C13H10Cl2N4O. The molecule has 0 aliphatic carbocycles. The molecule has 1 aliphatic heterocycles. The topological polar surface area (TPSA) is 66.9 Å². The van der Waals surface area contributed by atoms with E-state index in [4.69, 9.17) is 23.2 Å². The molecule has 2 aromatic rings. The molecule has 3 rings (SSSR count). The van der Waals surface area contributed by atoms with Gasteiger partial charge in [-0.1, -0.05) is 29.3 Å². The lowest BCUT2D eigenvalue weighted by molar-refractivity contribution is 0.102. The van der Waals surface area contributed by atoms with Crippen molar-refractivity contribution in [1.29, 1.82) is 0 Å². The number of amides is 1. The Hall–Kier alpha value is -1.85. The third-order valence-electron chi connectivity index (χ3n) is 3.08. The number of carbonyl (C=O) groups excluding carboxylic acids is 1. The first-order valence-corrected chi connectivity index (χ1v) is 6.75. The second-order valence-corrected chi connectivity index (χ2v) is 5.05. The lowest BCUT2D eigenvalue weighted by Gasteiger charge is -2.08. The number of hydrogen-bond acceptors (Lipinski definition) is 4. The van der Waals surface area contributed by atoms with Crippen molar-refractivity contribution < 1.29 is 4.79 Å². The number of rotatable bonds is 2. The van der Waals surface area contributed by atoms with Crippen molar-refractivity contribution in [2.75, 3.05) is 17.2 Å². The van der Waals surface area contributed by atoms with E-state index < -0.39 is 0 Å². The maximum atomic E-state index is 12.2.